The molecule has 0 bridgehead atoms. The first-order valence-corrected chi connectivity index (χ1v) is 9.99. The number of anilines is 1. The highest BCUT2D eigenvalue weighted by Crippen LogP contribution is 2.16. The van der Waals surface area contributed by atoms with Crippen molar-refractivity contribution >= 4 is 17.7 Å². The van der Waals surface area contributed by atoms with E-state index in [1.54, 1.807) is 6.07 Å². The van der Waals surface area contributed by atoms with E-state index in [4.69, 9.17) is 9.73 Å². The third kappa shape index (κ3) is 7.44. The van der Waals surface area contributed by atoms with E-state index >= 15 is 0 Å². The van der Waals surface area contributed by atoms with Gasteiger partial charge in [0.05, 0.1) is 19.8 Å². The molecule has 2 heterocycles. The molecule has 28 heavy (non-hydrogen) atoms. The SMILES string of the molecule is CCNC(=NCC(C)(C)N1CCOCC1)NCCC(=O)Nc1cccc(C)n1. The summed E-state index contributed by atoms with van der Waals surface area (Å²) in [6, 6.07) is 5.56. The quantitative estimate of drug-likeness (QED) is 0.459. The van der Waals surface area contributed by atoms with Crippen molar-refractivity contribution in [2.45, 2.75) is 39.7 Å². The molecular weight excluding hydrogens is 356 g/mol. The largest absolute Gasteiger partial charge is 0.379 e. The number of hydrogen-bond acceptors (Lipinski definition) is 5. The zero-order chi connectivity index (χ0) is 20.4. The number of ether oxygens (including phenoxy) is 1. The van der Waals surface area contributed by atoms with E-state index in [0.29, 0.717) is 25.3 Å². The zero-order valence-electron chi connectivity index (χ0n) is 17.5. The highest BCUT2D eigenvalue weighted by atomic mass is 16.5. The number of aryl methyl sites for hydroxylation is 1. The third-order valence-corrected chi connectivity index (χ3v) is 4.64. The molecule has 0 saturated carbocycles. The van der Waals surface area contributed by atoms with Gasteiger partial charge < -0.3 is 20.7 Å². The van der Waals surface area contributed by atoms with Crippen molar-refractivity contribution < 1.29 is 9.53 Å². The third-order valence-electron chi connectivity index (χ3n) is 4.64. The molecule has 0 spiro atoms. The molecule has 0 aromatic carbocycles. The van der Waals surface area contributed by atoms with Crippen LogP contribution < -0.4 is 16.0 Å². The van der Waals surface area contributed by atoms with Crippen LogP contribution in [-0.2, 0) is 9.53 Å². The number of nitrogens with zero attached hydrogens (tertiary/aromatic N) is 3. The first kappa shape index (κ1) is 22.1. The number of aromatic nitrogens is 1. The Morgan fingerprint density at radius 3 is 2.71 bits per heavy atom. The van der Waals surface area contributed by atoms with Crippen LogP contribution in [0.4, 0.5) is 5.82 Å². The van der Waals surface area contributed by atoms with Gasteiger partial charge in [0, 0.05) is 43.8 Å². The number of pyridine rings is 1. The Morgan fingerprint density at radius 2 is 2.04 bits per heavy atom. The van der Waals surface area contributed by atoms with Crippen LogP contribution in [0.1, 0.15) is 32.9 Å². The van der Waals surface area contributed by atoms with Crippen molar-refractivity contribution in [2.24, 2.45) is 4.99 Å². The van der Waals surface area contributed by atoms with Gasteiger partial charge in [0.15, 0.2) is 5.96 Å². The number of aliphatic imine (C=N–C) groups is 1. The second-order valence-electron chi connectivity index (χ2n) is 7.50. The molecule has 0 aliphatic carbocycles. The lowest BCUT2D eigenvalue weighted by molar-refractivity contribution is -0.116. The summed E-state index contributed by atoms with van der Waals surface area (Å²) >= 11 is 0. The van der Waals surface area contributed by atoms with E-state index in [2.05, 4.69) is 39.7 Å². The van der Waals surface area contributed by atoms with Gasteiger partial charge in [-0.25, -0.2) is 4.98 Å². The first-order chi connectivity index (χ1) is 13.4. The Labute approximate surface area is 168 Å². The molecular formula is C20H34N6O2. The van der Waals surface area contributed by atoms with Gasteiger partial charge in [0.25, 0.3) is 0 Å². The van der Waals surface area contributed by atoms with Gasteiger partial charge in [-0.3, -0.25) is 14.7 Å². The fourth-order valence-electron chi connectivity index (χ4n) is 3.00. The topological polar surface area (TPSA) is 90.9 Å². The van der Waals surface area contributed by atoms with Crippen LogP contribution in [0.2, 0.25) is 0 Å². The summed E-state index contributed by atoms with van der Waals surface area (Å²) in [5.41, 5.74) is 0.834. The van der Waals surface area contributed by atoms with Crippen molar-refractivity contribution in [1.82, 2.24) is 20.5 Å². The van der Waals surface area contributed by atoms with Gasteiger partial charge >= 0.3 is 0 Å². The molecule has 1 aromatic heterocycles. The van der Waals surface area contributed by atoms with Crippen molar-refractivity contribution in [1.29, 1.82) is 0 Å². The van der Waals surface area contributed by atoms with Crippen LogP contribution >= 0.6 is 0 Å². The molecule has 0 atom stereocenters. The molecule has 3 N–H and O–H groups in total. The number of hydrogen-bond donors (Lipinski definition) is 3. The number of amides is 1. The van der Waals surface area contributed by atoms with Crippen molar-refractivity contribution in [3.8, 4) is 0 Å². The van der Waals surface area contributed by atoms with Gasteiger partial charge in [-0.2, -0.15) is 0 Å². The van der Waals surface area contributed by atoms with E-state index in [0.717, 1.165) is 44.5 Å². The lowest BCUT2D eigenvalue weighted by Crippen LogP contribution is -2.52. The number of nitrogens with one attached hydrogen (secondary N) is 3. The minimum absolute atomic E-state index is 0.0413. The van der Waals surface area contributed by atoms with E-state index in [1.807, 2.05) is 26.0 Å². The molecule has 1 fully saturated rings. The minimum Gasteiger partial charge on any atom is -0.379 e. The Kier molecular flexibility index (Phi) is 8.66. The highest BCUT2D eigenvalue weighted by molar-refractivity contribution is 5.90. The van der Waals surface area contributed by atoms with Gasteiger partial charge in [0.1, 0.15) is 5.82 Å². The molecule has 0 radical (unpaired) electrons. The molecule has 2 rings (SSSR count). The standard InChI is InChI=1S/C20H34N6O2/c1-5-21-19(23-15-20(3,4)26-11-13-28-14-12-26)22-10-9-18(27)25-17-8-6-7-16(2)24-17/h6-8H,5,9-15H2,1-4H3,(H2,21,22,23)(H,24,25,27). The Balaban J connectivity index is 1.81. The molecule has 0 unspecified atom stereocenters. The van der Waals surface area contributed by atoms with E-state index < -0.39 is 0 Å². The second-order valence-corrected chi connectivity index (χ2v) is 7.50. The Bertz CT molecular complexity index is 656. The molecule has 1 aliphatic heterocycles. The number of guanidine groups is 1. The van der Waals surface area contributed by atoms with Gasteiger partial charge in [0.2, 0.25) is 5.91 Å². The minimum atomic E-state index is -0.0740. The normalized spacial score (nSPS) is 15.9. The van der Waals surface area contributed by atoms with Crippen LogP contribution in [0.25, 0.3) is 0 Å². The first-order valence-electron chi connectivity index (χ1n) is 9.99. The summed E-state index contributed by atoms with van der Waals surface area (Å²) in [5, 5.41) is 9.30. The van der Waals surface area contributed by atoms with E-state index in [1.165, 1.54) is 0 Å². The Morgan fingerprint density at radius 1 is 1.29 bits per heavy atom. The fourth-order valence-corrected chi connectivity index (χ4v) is 3.00. The average molecular weight is 391 g/mol. The lowest BCUT2D eigenvalue weighted by Gasteiger charge is -2.39. The summed E-state index contributed by atoms with van der Waals surface area (Å²) in [5.74, 6) is 1.23. The molecule has 1 amide bonds. The van der Waals surface area contributed by atoms with Crippen molar-refractivity contribution in [3.63, 3.8) is 0 Å². The number of carbonyl (C=O) groups is 1. The molecule has 8 heteroatoms. The highest BCUT2D eigenvalue weighted by Gasteiger charge is 2.28. The summed E-state index contributed by atoms with van der Waals surface area (Å²) in [4.78, 5) is 23.5. The van der Waals surface area contributed by atoms with Crippen LogP contribution in [0.3, 0.4) is 0 Å². The lowest BCUT2D eigenvalue weighted by atomic mass is 10.0. The van der Waals surface area contributed by atoms with Crippen LogP contribution in [0.5, 0.6) is 0 Å². The summed E-state index contributed by atoms with van der Waals surface area (Å²) < 4.78 is 5.44. The van der Waals surface area contributed by atoms with Gasteiger partial charge in [-0.15, -0.1) is 0 Å². The van der Waals surface area contributed by atoms with E-state index in [9.17, 15) is 4.79 Å². The van der Waals surface area contributed by atoms with Gasteiger partial charge in [-0.1, -0.05) is 6.07 Å². The molecule has 1 aromatic rings. The molecule has 8 nitrogen and oxygen atoms in total. The predicted molar refractivity (Wildman–Crippen MR) is 113 cm³/mol. The van der Waals surface area contributed by atoms with Gasteiger partial charge in [-0.05, 0) is 39.8 Å². The maximum atomic E-state index is 12.1. The molecule has 156 valence electrons. The van der Waals surface area contributed by atoms with E-state index in [-0.39, 0.29) is 11.4 Å². The molecule has 1 aliphatic rings. The molecule has 1 saturated heterocycles. The van der Waals surface area contributed by atoms with Crippen LogP contribution in [0.15, 0.2) is 23.2 Å². The van der Waals surface area contributed by atoms with Crippen LogP contribution in [-0.4, -0.2) is 73.2 Å². The second kappa shape index (κ2) is 11.0. The Hall–Kier alpha value is -2.19. The smallest absolute Gasteiger partial charge is 0.227 e. The number of rotatable bonds is 8. The van der Waals surface area contributed by atoms with Crippen LogP contribution in [0, 0.1) is 6.92 Å². The number of morpholine rings is 1. The maximum absolute atomic E-state index is 12.1. The summed E-state index contributed by atoms with van der Waals surface area (Å²) in [6.45, 7) is 13.7. The monoisotopic (exact) mass is 390 g/mol. The average Bonchev–Trinajstić information content (AvgIpc) is 2.67. The number of carbonyl (C=O) groups excluding carboxylic acids is 1. The zero-order valence-corrected chi connectivity index (χ0v) is 17.5. The van der Waals surface area contributed by atoms with Crippen molar-refractivity contribution in [2.75, 3.05) is 51.3 Å². The summed E-state index contributed by atoms with van der Waals surface area (Å²) in [6.07, 6.45) is 0.340. The predicted octanol–water partition coefficient (Wildman–Crippen LogP) is 1.38. The summed E-state index contributed by atoms with van der Waals surface area (Å²) in [7, 11) is 0. The van der Waals surface area contributed by atoms with Crippen molar-refractivity contribution in [3.05, 3.63) is 23.9 Å². The fraction of sp³-hybridized carbons (Fsp3) is 0.650. The maximum Gasteiger partial charge on any atom is 0.227 e.